The number of amides is 1. The zero-order valence-corrected chi connectivity index (χ0v) is 18.6. The number of amidine groups is 2. The van der Waals surface area contributed by atoms with Gasteiger partial charge in [0.15, 0.2) is 28.1 Å². The Kier molecular flexibility index (Phi) is 5.40. The molecule has 3 aromatic rings. The van der Waals surface area contributed by atoms with Crippen LogP contribution in [0.1, 0.15) is 21.0 Å². The van der Waals surface area contributed by atoms with E-state index in [-0.39, 0.29) is 17.2 Å². The number of esters is 1. The minimum absolute atomic E-state index is 0.0641. The van der Waals surface area contributed by atoms with Gasteiger partial charge in [0, 0.05) is 0 Å². The molecule has 2 aliphatic rings. The molecule has 11 heteroatoms. The van der Waals surface area contributed by atoms with Gasteiger partial charge in [-0.15, -0.1) is 11.3 Å². The number of methoxy groups -OCH3 is 1. The van der Waals surface area contributed by atoms with Crippen molar-refractivity contribution in [2.45, 2.75) is 0 Å². The van der Waals surface area contributed by atoms with Crippen LogP contribution in [-0.2, 0) is 4.79 Å². The summed E-state index contributed by atoms with van der Waals surface area (Å²) in [5.41, 5.74) is 0.630. The van der Waals surface area contributed by atoms with Crippen molar-refractivity contribution < 1.29 is 23.5 Å². The summed E-state index contributed by atoms with van der Waals surface area (Å²) in [4.78, 5) is 29.4. The van der Waals surface area contributed by atoms with E-state index in [9.17, 15) is 9.59 Å². The SMILES string of the molecule is COc1cc(C=C2C(=N)N3N=C(c4ccco4)SC3=NC2=O)ccc1OC(=O)c1cccs1. The molecular formula is C22H14N4O5S2. The molecule has 33 heavy (non-hydrogen) atoms. The Morgan fingerprint density at radius 1 is 1.21 bits per heavy atom. The van der Waals surface area contributed by atoms with E-state index in [0.29, 0.717) is 32.2 Å². The van der Waals surface area contributed by atoms with E-state index in [1.807, 2.05) is 0 Å². The largest absolute Gasteiger partial charge is 0.493 e. The molecular weight excluding hydrogens is 464 g/mol. The van der Waals surface area contributed by atoms with Crippen molar-refractivity contribution in [2.75, 3.05) is 7.11 Å². The molecule has 0 spiro atoms. The van der Waals surface area contributed by atoms with Crippen LogP contribution in [-0.4, -0.2) is 40.0 Å². The van der Waals surface area contributed by atoms with Crippen LogP contribution >= 0.6 is 23.1 Å². The lowest BCUT2D eigenvalue weighted by Crippen LogP contribution is -2.35. The normalized spacial score (nSPS) is 16.5. The number of fused-ring (bicyclic) bond motifs is 1. The summed E-state index contributed by atoms with van der Waals surface area (Å²) in [5, 5.41) is 16.7. The Balaban J connectivity index is 1.41. The molecule has 1 N–H and O–H groups in total. The molecule has 2 aliphatic heterocycles. The Bertz CT molecular complexity index is 1360. The Hall–Kier alpha value is -3.96. The van der Waals surface area contributed by atoms with Crippen molar-refractivity contribution in [3.8, 4) is 11.5 Å². The van der Waals surface area contributed by atoms with Gasteiger partial charge in [-0.25, -0.2) is 4.79 Å². The summed E-state index contributed by atoms with van der Waals surface area (Å²) < 4.78 is 16.1. The first-order valence-corrected chi connectivity index (χ1v) is 11.2. The average molecular weight is 479 g/mol. The van der Waals surface area contributed by atoms with Gasteiger partial charge in [-0.2, -0.15) is 15.1 Å². The number of carbonyl (C=O) groups is 2. The molecule has 164 valence electrons. The van der Waals surface area contributed by atoms with Gasteiger partial charge >= 0.3 is 5.97 Å². The van der Waals surface area contributed by atoms with Gasteiger partial charge in [-0.1, -0.05) is 12.1 Å². The number of ether oxygens (including phenoxy) is 2. The summed E-state index contributed by atoms with van der Waals surface area (Å²) in [7, 11) is 1.45. The maximum atomic E-state index is 12.6. The fraction of sp³-hybridized carbons (Fsp3) is 0.0455. The molecule has 0 bridgehead atoms. The summed E-state index contributed by atoms with van der Waals surface area (Å²) in [6.45, 7) is 0. The molecule has 0 fully saturated rings. The van der Waals surface area contributed by atoms with Gasteiger partial charge in [-0.3, -0.25) is 10.2 Å². The third-order valence-corrected chi connectivity index (χ3v) is 6.38. The molecule has 0 unspecified atom stereocenters. The van der Waals surface area contributed by atoms with Crippen LogP contribution in [0.5, 0.6) is 11.5 Å². The number of thioether (sulfide) groups is 1. The topological polar surface area (TPSA) is 118 Å². The number of nitrogens with zero attached hydrogens (tertiary/aromatic N) is 3. The van der Waals surface area contributed by atoms with Crippen molar-refractivity contribution in [2.24, 2.45) is 10.1 Å². The van der Waals surface area contributed by atoms with Gasteiger partial charge in [0.05, 0.1) is 18.9 Å². The quantitative estimate of drug-likeness (QED) is 0.331. The van der Waals surface area contributed by atoms with Gasteiger partial charge in [0.1, 0.15) is 4.88 Å². The van der Waals surface area contributed by atoms with E-state index in [1.54, 1.807) is 47.8 Å². The zero-order chi connectivity index (χ0) is 22.9. The van der Waals surface area contributed by atoms with Crippen LogP contribution in [0, 0.1) is 5.41 Å². The molecule has 4 heterocycles. The van der Waals surface area contributed by atoms with Crippen LogP contribution in [0.2, 0.25) is 0 Å². The number of hydrogen-bond donors (Lipinski definition) is 1. The van der Waals surface area contributed by atoms with Crippen molar-refractivity contribution in [3.05, 3.63) is 75.9 Å². The number of benzene rings is 1. The first-order chi connectivity index (χ1) is 16.0. The molecule has 0 saturated carbocycles. The van der Waals surface area contributed by atoms with Crippen molar-refractivity contribution in [1.29, 1.82) is 5.41 Å². The van der Waals surface area contributed by atoms with Crippen LogP contribution in [0.25, 0.3) is 6.08 Å². The molecule has 5 rings (SSSR count). The number of thiophene rings is 1. The lowest BCUT2D eigenvalue weighted by atomic mass is 10.1. The van der Waals surface area contributed by atoms with Crippen LogP contribution in [0.3, 0.4) is 0 Å². The highest BCUT2D eigenvalue weighted by Crippen LogP contribution is 2.33. The number of furan rings is 1. The van der Waals surface area contributed by atoms with Crippen molar-refractivity contribution >= 4 is 57.1 Å². The Morgan fingerprint density at radius 2 is 2.09 bits per heavy atom. The van der Waals surface area contributed by atoms with E-state index in [4.69, 9.17) is 19.3 Å². The van der Waals surface area contributed by atoms with Crippen LogP contribution < -0.4 is 9.47 Å². The third-order valence-electron chi connectivity index (χ3n) is 4.61. The predicted octanol–water partition coefficient (Wildman–Crippen LogP) is 4.24. The summed E-state index contributed by atoms with van der Waals surface area (Å²) in [5.74, 6) is -0.0688. The summed E-state index contributed by atoms with van der Waals surface area (Å²) in [6.07, 6.45) is 3.04. The molecule has 9 nitrogen and oxygen atoms in total. The predicted molar refractivity (Wildman–Crippen MR) is 125 cm³/mol. The minimum atomic E-state index is -0.554. The first-order valence-electron chi connectivity index (χ1n) is 9.51. The summed E-state index contributed by atoms with van der Waals surface area (Å²) >= 11 is 2.43. The average Bonchev–Trinajstić information content (AvgIpc) is 3.58. The number of hydrogen-bond acceptors (Lipinski definition) is 9. The number of nitrogens with one attached hydrogen (secondary N) is 1. The van der Waals surface area contributed by atoms with Gasteiger partial charge in [0.2, 0.25) is 5.17 Å². The number of rotatable bonds is 5. The van der Waals surface area contributed by atoms with E-state index < -0.39 is 11.9 Å². The second-order valence-electron chi connectivity index (χ2n) is 6.68. The Labute approximate surface area is 195 Å². The lowest BCUT2D eigenvalue weighted by Gasteiger charge is -2.20. The maximum Gasteiger partial charge on any atom is 0.353 e. The Morgan fingerprint density at radius 3 is 2.82 bits per heavy atom. The first kappa shape index (κ1) is 20.9. The number of aliphatic imine (C=N–C) groups is 1. The molecule has 0 aliphatic carbocycles. The monoisotopic (exact) mass is 478 g/mol. The maximum absolute atomic E-state index is 12.6. The second kappa shape index (κ2) is 8.52. The second-order valence-corrected chi connectivity index (χ2v) is 8.58. The molecule has 1 aromatic carbocycles. The van der Waals surface area contributed by atoms with E-state index in [1.165, 1.54) is 35.8 Å². The summed E-state index contributed by atoms with van der Waals surface area (Å²) in [6, 6.07) is 11.7. The standard InChI is InChI=1S/C22H14N4O5S2/c1-29-16-11-12(6-7-14(16)31-21(28)17-5-3-9-32-17)10-13-18(23)26-22(24-19(13)27)33-20(25-26)15-4-2-8-30-15/h2-11,23H,1H3. The van der Waals surface area contributed by atoms with Crippen LogP contribution in [0.15, 0.2) is 74.2 Å². The van der Waals surface area contributed by atoms with E-state index in [2.05, 4.69) is 10.1 Å². The highest BCUT2D eigenvalue weighted by atomic mass is 32.2. The highest BCUT2D eigenvalue weighted by Gasteiger charge is 2.36. The van der Waals surface area contributed by atoms with Crippen LogP contribution in [0.4, 0.5) is 0 Å². The van der Waals surface area contributed by atoms with Gasteiger partial charge in [-0.05, 0) is 59.1 Å². The van der Waals surface area contributed by atoms with E-state index >= 15 is 0 Å². The highest BCUT2D eigenvalue weighted by molar-refractivity contribution is 8.27. The molecule has 0 atom stereocenters. The zero-order valence-electron chi connectivity index (χ0n) is 17.0. The van der Waals surface area contributed by atoms with Gasteiger partial charge in [0.25, 0.3) is 5.91 Å². The fourth-order valence-corrected chi connectivity index (χ4v) is 4.52. The molecule has 0 radical (unpaired) electrons. The number of carbonyl (C=O) groups excluding carboxylic acids is 2. The molecule has 1 amide bonds. The minimum Gasteiger partial charge on any atom is -0.493 e. The smallest absolute Gasteiger partial charge is 0.353 e. The van der Waals surface area contributed by atoms with Gasteiger partial charge < -0.3 is 13.9 Å². The molecule has 0 saturated heterocycles. The van der Waals surface area contributed by atoms with E-state index in [0.717, 1.165) is 11.8 Å². The third kappa shape index (κ3) is 3.99. The fourth-order valence-electron chi connectivity index (χ4n) is 3.06. The molecule has 2 aromatic heterocycles. The lowest BCUT2D eigenvalue weighted by molar-refractivity contribution is -0.114. The number of hydrazone groups is 1. The van der Waals surface area contributed by atoms with Crippen molar-refractivity contribution in [1.82, 2.24) is 5.01 Å². The van der Waals surface area contributed by atoms with Crippen molar-refractivity contribution in [3.63, 3.8) is 0 Å².